The molecule has 0 bridgehead atoms. The Morgan fingerprint density at radius 1 is 1.14 bits per heavy atom. The molecule has 0 spiro atoms. The highest BCUT2D eigenvalue weighted by molar-refractivity contribution is 5.31. The maximum atomic E-state index is 3.58. The minimum Gasteiger partial charge on any atom is -0.350 e. The smallest absolute Gasteiger partial charge is 0.0473 e. The van der Waals surface area contributed by atoms with Gasteiger partial charge in [-0.3, -0.25) is 0 Å². The van der Waals surface area contributed by atoms with Crippen molar-refractivity contribution in [2.24, 2.45) is 0 Å². The van der Waals surface area contributed by atoms with Gasteiger partial charge in [0.25, 0.3) is 0 Å². The summed E-state index contributed by atoms with van der Waals surface area (Å²) in [4.78, 5) is 0. The normalized spacial score (nSPS) is 12.6. The van der Waals surface area contributed by atoms with E-state index in [1.165, 1.54) is 35.1 Å². The molecule has 0 aliphatic rings. The number of nitrogens with one attached hydrogen (secondary N) is 1. The highest BCUT2D eigenvalue weighted by atomic mass is 15.0. The van der Waals surface area contributed by atoms with E-state index < -0.39 is 0 Å². The number of nitrogens with zero attached hydrogens (tertiary/aromatic N) is 1. The Labute approximate surface area is 129 Å². The van der Waals surface area contributed by atoms with E-state index in [1.54, 1.807) is 0 Å². The Balaban J connectivity index is 2.13. The van der Waals surface area contributed by atoms with Crippen molar-refractivity contribution in [1.29, 1.82) is 0 Å². The molecule has 0 saturated heterocycles. The maximum Gasteiger partial charge on any atom is 0.0473 e. The zero-order valence-corrected chi connectivity index (χ0v) is 13.8. The number of aryl methyl sites for hydroxylation is 2. The van der Waals surface area contributed by atoms with Crippen LogP contribution in [0.3, 0.4) is 0 Å². The highest BCUT2D eigenvalue weighted by Crippen LogP contribution is 2.20. The Bertz CT molecular complexity index is 563. The van der Waals surface area contributed by atoms with Crippen LogP contribution in [0.4, 0.5) is 0 Å². The molecule has 21 heavy (non-hydrogen) atoms. The summed E-state index contributed by atoms with van der Waals surface area (Å²) < 4.78 is 2.30. The van der Waals surface area contributed by atoms with Crippen LogP contribution >= 0.6 is 0 Å². The molecule has 1 aromatic heterocycles. The van der Waals surface area contributed by atoms with E-state index in [1.807, 2.05) is 0 Å². The number of hydrogen-bond acceptors (Lipinski definition) is 1. The van der Waals surface area contributed by atoms with Crippen LogP contribution in [0.2, 0.25) is 0 Å². The van der Waals surface area contributed by atoms with Crippen LogP contribution in [0.15, 0.2) is 36.7 Å². The lowest BCUT2D eigenvalue weighted by Crippen LogP contribution is -2.20. The molecule has 1 heterocycles. The number of aromatic nitrogens is 1. The first-order chi connectivity index (χ1) is 10.1. The molecule has 1 unspecified atom stereocenters. The Morgan fingerprint density at radius 2 is 1.95 bits per heavy atom. The molecule has 2 nitrogen and oxygen atoms in total. The molecule has 1 aromatic carbocycles. The van der Waals surface area contributed by atoms with Crippen molar-refractivity contribution in [2.45, 2.75) is 53.1 Å². The topological polar surface area (TPSA) is 17.0 Å². The molecule has 2 aromatic rings. The lowest BCUT2D eigenvalue weighted by molar-refractivity contribution is 0.508. The molecule has 114 valence electrons. The second-order valence-electron chi connectivity index (χ2n) is 5.95. The molecule has 0 amide bonds. The van der Waals surface area contributed by atoms with Gasteiger partial charge in [0.05, 0.1) is 0 Å². The molecule has 2 heteroatoms. The summed E-state index contributed by atoms with van der Waals surface area (Å²) in [6.45, 7) is 10.8. The van der Waals surface area contributed by atoms with Gasteiger partial charge in [-0.05, 0) is 49.6 Å². The van der Waals surface area contributed by atoms with Gasteiger partial charge in [-0.1, -0.05) is 44.0 Å². The third kappa shape index (κ3) is 4.21. The molecule has 2 rings (SSSR count). The highest BCUT2D eigenvalue weighted by Gasteiger charge is 2.10. The van der Waals surface area contributed by atoms with Gasteiger partial charge in [0.15, 0.2) is 0 Å². The van der Waals surface area contributed by atoms with Crippen LogP contribution in [0.5, 0.6) is 0 Å². The van der Waals surface area contributed by atoms with Gasteiger partial charge in [-0.25, -0.2) is 0 Å². The van der Waals surface area contributed by atoms with Gasteiger partial charge < -0.3 is 9.88 Å². The fourth-order valence-corrected chi connectivity index (χ4v) is 2.85. The summed E-state index contributed by atoms with van der Waals surface area (Å²) in [5.41, 5.74) is 5.52. The van der Waals surface area contributed by atoms with Gasteiger partial charge in [-0.15, -0.1) is 0 Å². The SMILES string of the molecule is CCCC(NCC)c1ccn(Cc2cc(C)ccc2C)c1. The molecule has 1 N–H and O–H groups in total. The fourth-order valence-electron chi connectivity index (χ4n) is 2.85. The van der Waals surface area contributed by atoms with Crippen molar-refractivity contribution >= 4 is 0 Å². The summed E-state index contributed by atoms with van der Waals surface area (Å²) in [6, 6.07) is 9.44. The lowest BCUT2D eigenvalue weighted by Gasteiger charge is -2.15. The van der Waals surface area contributed by atoms with Crippen LogP contribution in [0.25, 0.3) is 0 Å². The Morgan fingerprint density at radius 3 is 2.67 bits per heavy atom. The minimum absolute atomic E-state index is 0.486. The van der Waals surface area contributed by atoms with E-state index in [0.29, 0.717) is 6.04 Å². The predicted molar refractivity (Wildman–Crippen MR) is 90.8 cm³/mol. The standard InChI is InChI=1S/C19H28N2/c1-5-7-19(20-6-2)17-10-11-21(13-17)14-18-12-15(3)8-9-16(18)4/h8-13,19-20H,5-7,14H2,1-4H3. The second-order valence-corrected chi connectivity index (χ2v) is 5.95. The van der Waals surface area contributed by atoms with Gasteiger partial charge in [0.1, 0.15) is 0 Å². The van der Waals surface area contributed by atoms with E-state index >= 15 is 0 Å². The number of hydrogen-bond donors (Lipinski definition) is 1. The average molecular weight is 284 g/mol. The van der Waals surface area contributed by atoms with E-state index in [9.17, 15) is 0 Å². The first kappa shape index (κ1) is 15.8. The largest absolute Gasteiger partial charge is 0.350 e. The van der Waals surface area contributed by atoms with E-state index in [4.69, 9.17) is 0 Å². The first-order valence-electron chi connectivity index (χ1n) is 8.09. The maximum absolute atomic E-state index is 3.58. The van der Waals surface area contributed by atoms with Crippen LogP contribution in [-0.2, 0) is 6.54 Å². The predicted octanol–water partition coefficient (Wildman–Crippen LogP) is 4.60. The minimum atomic E-state index is 0.486. The molecule has 0 fully saturated rings. The third-order valence-electron chi connectivity index (χ3n) is 4.06. The Hall–Kier alpha value is -1.54. The Kier molecular flexibility index (Phi) is 5.63. The average Bonchev–Trinajstić information content (AvgIpc) is 2.91. The molecule has 1 atom stereocenters. The quantitative estimate of drug-likeness (QED) is 0.786. The van der Waals surface area contributed by atoms with E-state index in [0.717, 1.165) is 13.1 Å². The van der Waals surface area contributed by atoms with Crippen molar-refractivity contribution in [1.82, 2.24) is 9.88 Å². The molecule has 0 aliphatic heterocycles. The van der Waals surface area contributed by atoms with Crippen LogP contribution in [-0.4, -0.2) is 11.1 Å². The van der Waals surface area contributed by atoms with Crippen LogP contribution < -0.4 is 5.32 Å². The molecule has 0 radical (unpaired) electrons. The van der Waals surface area contributed by atoms with Crippen molar-refractivity contribution in [2.75, 3.05) is 6.54 Å². The van der Waals surface area contributed by atoms with Crippen molar-refractivity contribution in [3.8, 4) is 0 Å². The van der Waals surface area contributed by atoms with Gasteiger partial charge in [0.2, 0.25) is 0 Å². The zero-order valence-electron chi connectivity index (χ0n) is 13.8. The van der Waals surface area contributed by atoms with Crippen LogP contribution in [0.1, 0.15) is 55.0 Å². The molecule has 0 aliphatic carbocycles. The van der Waals surface area contributed by atoms with Gasteiger partial charge >= 0.3 is 0 Å². The summed E-state index contributed by atoms with van der Waals surface area (Å²) >= 11 is 0. The lowest BCUT2D eigenvalue weighted by atomic mass is 10.1. The summed E-state index contributed by atoms with van der Waals surface area (Å²) in [7, 11) is 0. The number of benzene rings is 1. The monoisotopic (exact) mass is 284 g/mol. The molecular formula is C19H28N2. The molecular weight excluding hydrogens is 256 g/mol. The van der Waals surface area contributed by atoms with Crippen molar-refractivity contribution in [3.63, 3.8) is 0 Å². The zero-order chi connectivity index (χ0) is 15.2. The van der Waals surface area contributed by atoms with Crippen molar-refractivity contribution < 1.29 is 0 Å². The van der Waals surface area contributed by atoms with E-state index in [-0.39, 0.29) is 0 Å². The van der Waals surface area contributed by atoms with Gasteiger partial charge in [0, 0.05) is 25.0 Å². The first-order valence-corrected chi connectivity index (χ1v) is 8.09. The van der Waals surface area contributed by atoms with Crippen LogP contribution in [0, 0.1) is 13.8 Å². The third-order valence-corrected chi connectivity index (χ3v) is 4.06. The summed E-state index contributed by atoms with van der Waals surface area (Å²) in [6.07, 6.45) is 6.91. The molecule has 0 saturated carbocycles. The van der Waals surface area contributed by atoms with E-state index in [2.05, 4.69) is 74.2 Å². The summed E-state index contributed by atoms with van der Waals surface area (Å²) in [5, 5.41) is 3.58. The van der Waals surface area contributed by atoms with Crippen molar-refractivity contribution in [3.05, 3.63) is 58.9 Å². The fraction of sp³-hybridized carbons (Fsp3) is 0.474. The summed E-state index contributed by atoms with van der Waals surface area (Å²) in [5.74, 6) is 0. The second kappa shape index (κ2) is 7.46. The number of rotatable bonds is 7. The van der Waals surface area contributed by atoms with Gasteiger partial charge in [-0.2, -0.15) is 0 Å².